The van der Waals surface area contributed by atoms with E-state index in [0.717, 1.165) is 89.7 Å². The van der Waals surface area contributed by atoms with Crippen LogP contribution in [0, 0.1) is 0 Å². The molecule has 7 heteroatoms. The average Bonchev–Trinajstić information content (AvgIpc) is 4.06. The summed E-state index contributed by atoms with van der Waals surface area (Å²) in [4.78, 5) is 2.28. The van der Waals surface area contributed by atoms with Crippen molar-refractivity contribution < 1.29 is 9.47 Å². The van der Waals surface area contributed by atoms with Crippen molar-refractivity contribution in [3.63, 3.8) is 0 Å². The highest BCUT2D eigenvalue weighted by Crippen LogP contribution is 2.43. The summed E-state index contributed by atoms with van der Waals surface area (Å²) in [7, 11) is 3.38. The number of hydrogen-bond acceptors (Lipinski definition) is 6. The Kier molecular flexibility index (Phi) is 10.7. The molecule has 0 amide bonds. The number of methoxy groups -OCH3 is 2. The third-order valence-electron chi connectivity index (χ3n) is 13.1. The van der Waals surface area contributed by atoms with Gasteiger partial charge in [-0.3, -0.25) is 0 Å². The van der Waals surface area contributed by atoms with Crippen LogP contribution in [0.2, 0.25) is 0 Å². The molecule has 0 saturated carbocycles. The molecule has 0 aliphatic rings. The second kappa shape index (κ2) is 17.8. The lowest BCUT2D eigenvalue weighted by atomic mass is 10.0. The summed E-state index contributed by atoms with van der Waals surface area (Å²) in [5.41, 5.74) is 19.4. The Morgan fingerprint density at radius 3 is 1.25 bits per heavy atom. The van der Waals surface area contributed by atoms with Crippen molar-refractivity contribution >= 4 is 61.6 Å². The van der Waals surface area contributed by atoms with Gasteiger partial charge in [-0.05, 0) is 147 Å². The lowest BCUT2D eigenvalue weighted by Crippen LogP contribution is -2.10. The second-order valence-electron chi connectivity index (χ2n) is 17.1. The van der Waals surface area contributed by atoms with Crippen LogP contribution in [0.4, 0.5) is 17.1 Å². The second-order valence-corrected chi connectivity index (χ2v) is 17.6. The van der Waals surface area contributed by atoms with Crippen molar-refractivity contribution in [3.8, 4) is 72.8 Å². The van der Waals surface area contributed by atoms with Gasteiger partial charge in [-0.25, -0.2) is 0 Å². The Balaban J connectivity index is 0.930. The molecule has 2 aromatic heterocycles. The Morgan fingerprint density at radius 2 is 0.783 bits per heavy atom. The smallest absolute Gasteiger partial charge is 0.129 e. The van der Waals surface area contributed by atoms with E-state index in [4.69, 9.17) is 18.2 Å². The molecule has 69 heavy (non-hydrogen) atoms. The van der Waals surface area contributed by atoms with Crippen molar-refractivity contribution in [2.45, 2.75) is 0 Å². The van der Waals surface area contributed by atoms with Gasteiger partial charge in [0.25, 0.3) is 0 Å². The van der Waals surface area contributed by atoms with Gasteiger partial charge in [0.15, 0.2) is 0 Å². The predicted molar refractivity (Wildman–Crippen MR) is 287 cm³/mol. The van der Waals surface area contributed by atoms with Crippen molar-refractivity contribution in [1.82, 2.24) is 13.3 Å². The standard InChI is InChI=1S/C62H44N4O2S/c1-67-53-31-19-45(20-32-53)43-13-25-50(26-14-43)65(51-27-15-44(16-28-51)46-21-33-54(68-2)34-22-46)60-38-35-55(61-62(60)64-69-63-61)47-17-29-52(30-18-47)66-58-36-23-48(41-9-5-3-6-10-41)39-56(58)57-40-49(24-37-59(57)66)42-11-7-4-8-12-42/h3-40H,1-2H3. The highest BCUT2D eigenvalue weighted by Gasteiger charge is 2.21. The van der Waals surface area contributed by atoms with Gasteiger partial charge >= 0.3 is 0 Å². The topological polar surface area (TPSA) is 52.4 Å². The van der Waals surface area contributed by atoms with E-state index in [2.05, 4.69) is 216 Å². The fourth-order valence-electron chi connectivity index (χ4n) is 9.58. The van der Waals surface area contributed by atoms with Gasteiger partial charge in [-0.1, -0.05) is 133 Å². The Hall–Kier alpha value is -8.78. The summed E-state index contributed by atoms with van der Waals surface area (Å²) in [6.45, 7) is 0. The van der Waals surface area contributed by atoms with E-state index >= 15 is 0 Å². The lowest BCUT2D eigenvalue weighted by Gasteiger charge is -2.26. The van der Waals surface area contributed by atoms with Crippen LogP contribution in [0.3, 0.4) is 0 Å². The molecule has 12 rings (SSSR count). The molecule has 0 N–H and O–H groups in total. The lowest BCUT2D eigenvalue weighted by molar-refractivity contribution is 0.415. The van der Waals surface area contributed by atoms with Gasteiger partial charge in [0.1, 0.15) is 22.5 Å². The molecule has 0 bridgehead atoms. The maximum atomic E-state index is 5.42. The highest BCUT2D eigenvalue weighted by molar-refractivity contribution is 7.00. The summed E-state index contributed by atoms with van der Waals surface area (Å²) >= 11 is 1.24. The van der Waals surface area contributed by atoms with Crippen LogP contribution in [0.5, 0.6) is 11.5 Å². The van der Waals surface area contributed by atoms with Crippen LogP contribution >= 0.6 is 11.7 Å². The molecule has 12 aromatic rings. The first kappa shape index (κ1) is 41.6. The van der Waals surface area contributed by atoms with Crippen LogP contribution < -0.4 is 14.4 Å². The minimum atomic E-state index is 0.832. The third-order valence-corrected chi connectivity index (χ3v) is 13.7. The molecule has 0 spiro atoms. The fraction of sp³-hybridized carbons (Fsp3) is 0.0323. The van der Waals surface area contributed by atoms with E-state index in [-0.39, 0.29) is 0 Å². The summed E-state index contributed by atoms with van der Waals surface area (Å²) in [5.74, 6) is 1.66. The molecule has 0 fully saturated rings. The first-order chi connectivity index (χ1) is 34.1. The SMILES string of the molecule is COc1ccc(-c2ccc(N(c3ccc(-c4ccc(OC)cc4)cc3)c3ccc(-c4ccc(-n5c6ccc(-c7ccccc7)cc6c6cc(-c7ccccc7)ccc65)cc4)c4nsnc34)cc2)cc1. The monoisotopic (exact) mass is 908 g/mol. The van der Waals surface area contributed by atoms with Gasteiger partial charge in [-0.15, -0.1) is 0 Å². The largest absolute Gasteiger partial charge is 0.497 e. The third kappa shape index (κ3) is 7.75. The van der Waals surface area contributed by atoms with Crippen molar-refractivity contribution in [2.75, 3.05) is 19.1 Å². The molecule has 0 radical (unpaired) electrons. The molecule has 0 aliphatic heterocycles. The molecule has 2 heterocycles. The zero-order valence-electron chi connectivity index (χ0n) is 38.0. The minimum Gasteiger partial charge on any atom is -0.497 e. The predicted octanol–water partition coefficient (Wildman–Crippen LogP) is 16.6. The molecule has 6 nitrogen and oxygen atoms in total. The summed E-state index contributed by atoms with van der Waals surface area (Å²) in [6, 6.07) is 81.9. The van der Waals surface area contributed by atoms with E-state index in [1.165, 1.54) is 44.8 Å². The molecule has 0 saturated heterocycles. The molecular weight excluding hydrogens is 865 g/mol. The first-order valence-corrected chi connectivity index (χ1v) is 23.7. The van der Waals surface area contributed by atoms with E-state index < -0.39 is 0 Å². The van der Waals surface area contributed by atoms with E-state index in [1.807, 2.05) is 24.3 Å². The van der Waals surface area contributed by atoms with Crippen molar-refractivity contribution in [2.24, 2.45) is 0 Å². The van der Waals surface area contributed by atoms with Crippen LogP contribution in [0.25, 0.3) is 94.2 Å². The molecule has 0 atom stereocenters. The maximum Gasteiger partial charge on any atom is 0.129 e. The number of nitrogens with zero attached hydrogens (tertiary/aromatic N) is 4. The quantitative estimate of drug-likeness (QED) is 0.129. The highest BCUT2D eigenvalue weighted by atomic mass is 32.1. The number of anilines is 3. The average molecular weight is 909 g/mol. The Labute approximate surface area is 404 Å². The van der Waals surface area contributed by atoms with Crippen molar-refractivity contribution in [3.05, 3.63) is 231 Å². The van der Waals surface area contributed by atoms with Gasteiger partial charge in [0.05, 0.1) is 42.7 Å². The van der Waals surface area contributed by atoms with Gasteiger partial charge < -0.3 is 18.9 Å². The number of benzene rings is 10. The molecule has 0 aliphatic carbocycles. The Morgan fingerprint density at radius 1 is 0.377 bits per heavy atom. The number of ether oxygens (including phenoxy) is 2. The van der Waals surface area contributed by atoms with E-state index in [0.29, 0.717) is 0 Å². The van der Waals surface area contributed by atoms with Crippen molar-refractivity contribution in [1.29, 1.82) is 0 Å². The summed E-state index contributed by atoms with van der Waals surface area (Å²) in [6.07, 6.45) is 0. The molecular formula is C62H44N4O2S. The van der Waals surface area contributed by atoms with Crippen LogP contribution in [-0.2, 0) is 0 Å². The zero-order chi connectivity index (χ0) is 46.3. The maximum absolute atomic E-state index is 5.42. The number of hydrogen-bond donors (Lipinski definition) is 0. The van der Waals surface area contributed by atoms with E-state index in [9.17, 15) is 0 Å². The first-order valence-electron chi connectivity index (χ1n) is 22.9. The number of fused-ring (bicyclic) bond motifs is 4. The van der Waals surface area contributed by atoms with Crippen LogP contribution in [0.15, 0.2) is 231 Å². The normalized spacial score (nSPS) is 11.3. The van der Waals surface area contributed by atoms with E-state index in [1.54, 1.807) is 14.2 Å². The molecule has 330 valence electrons. The fourth-order valence-corrected chi connectivity index (χ4v) is 10.1. The van der Waals surface area contributed by atoms with Gasteiger partial charge in [0, 0.05) is 33.4 Å². The minimum absolute atomic E-state index is 0.832. The number of aromatic nitrogens is 3. The van der Waals surface area contributed by atoms with Gasteiger partial charge in [-0.2, -0.15) is 8.75 Å². The Bertz CT molecular complexity index is 3570. The molecule has 10 aromatic carbocycles. The molecule has 0 unspecified atom stereocenters. The van der Waals surface area contributed by atoms with Crippen LogP contribution in [-0.4, -0.2) is 27.5 Å². The summed E-state index contributed by atoms with van der Waals surface area (Å²) in [5, 5.41) is 2.43. The summed E-state index contributed by atoms with van der Waals surface area (Å²) < 4.78 is 23.2. The number of rotatable bonds is 11. The van der Waals surface area contributed by atoms with Gasteiger partial charge in [0.2, 0.25) is 0 Å². The zero-order valence-corrected chi connectivity index (χ0v) is 38.8. The van der Waals surface area contributed by atoms with Crippen LogP contribution in [0.1, 0.15) is 0 Å².